The highest BCUT2D eigenvalue weighted by Gasteiger charge is 2.10. The van der Waals surface area contributed by atoms with E-state index in [2.05, 4.69) is 71.0 Å². The summed E-state index contributed by atoms with van der Waals surface area (Å²) >= 11 is 0. The first kappa shape index (κ1) is 37.2. The molecule has 0 aromatic heterocycles. The summed E-state index contributed by atoms with van der Waals surface area (Å²) in [6.07, 6.45) is 11.7. The van der Waals surface area contributed by atoms with Crippen LogP contribution in [0.3, 0.4) is 0 Å². The van der Waals surface area contributed by atoms with Crippen molar-refractivity contribution in [1.29, 1.82) is 0 Å². The van der Waals surface area contributed by atoms with Crippen LogP contribution in [0, 0.1) is 6.92 Å². The molecule has 5 heteroatoms. The van der Waals surface area contributed by atoms with E-state index in [0.29, 0.717) is 12.8 Å². The second-order valence-electron chi connectivity index (χ2n) is 12.2. The predicted molar refractivity (Wildman–Crippen MR) is 201 cm³/mol. The number of aryl methyl sites for hydroxylation is 5. The number of rotatable bonds is 14. The summed E-state index contributed by atoms with van der Waals surface area (Å²) < 4.78 is 0. The summed E-state index contributed by atoms with van der Waals surface area (Å²) in [5.41, 5.74) is 10.7. The number of fused-ring (bicyclic) bond motifs is 1. The molecule has 0 saturated carbocycles. The smallest absolute Gasteiger partial charge is 0.158 e. The van der Waals surface area contributed by atoms with Gasteiger partial charge in [-0.25, -0.2) is 0 Å². The molecule has 250 valence electrons. The second kappa shape index (κ2) is 18.8. The van der Waals surface area contributed by atoms with Crippen molar-refractivity contribution in [2.75, 3.05) is 0 Å². The van der Waals surface area contributed by atoms with Crippen LogP contribution in [0.15, 0.2) is 70.6 Å². The largest absolute Gasteiger partial charge is 0.504 e. The number of aromatic hydroxyl groups is 2. The summed E-state index contributed by atoms with van der Waals surface area (Å²) in [6, 6.07) is 20.1. The molecule has 0 bridgehead atoms. The molecule has 0 amide bonds. The lowest BCUT2D eigenvalue weighted by atomic mass is 9.97. The van der Waals surface area contributed by atoms with E-state index in [-0.39, 0.29) is 17.3 Å². The molecule has 0 aliphatic rings. The lowest BCUT2D eigenvalue weighted by Crippen LogP contribution is -2.01. The van der Waals surface area contributed by atoms with Crippen molar-refractivity contribution in [3.63, 3.8) is 0 Å². The summed E-state index contributed by atoms with van der Waals surface area (Å²) in [4.78, 5) is 21.3. The van der Waals surface area contributed by atoms with Crippen LogP contribution in [-0.4, -0.2) is 27.9 Å². The Morgan fingerprint density at radius 2 is 1.28 bits per heavy atom. The average molecular weight is 635 g/mol. The van der Waals surface area contributed by atoms with Crippen molar-refractivity contribution in [3.8, 4) is 11.5 Å². The molecule has 4 aromatic carbocycles. The van der Waals surface area contributed by atoms with Crippen molar-refractivity contribution < 1.29 is 15.0 Å². The maximum atomic E-state index is 11.6. The number of ketones is 1. The van der Waals surface area contributed by atoms with E-state index in [0.717, 1.165) is 77.5 Å². The quantitative estimate of drug-likeness (QED) is 0.0822. The van der Waals surface area contributed by atoms with Crippen molar-refractivity contribution >= 4 is 39.9 Å². The molecule has 0 spiro atoms. The Balaban J connectivity index is 0.000000284. The first-order chi connectivity index (χ1) is 22.6. The number of phenolic OH excluding ortho intramolecular Hbond substituents is 2. The third-order valence-electron chi connectivity index (χ3n) is 8.63. The van der Waals surface area contributed by atoms with Crippen LogP contribution in [0.4, 0.5) is 11.4 Å². The molecular formula is C42H54N2O3. The number of carbonyl (C=O) groups is 1. The lowest BCUT2D eigenvalue weighted by molar-refractivity contribution is -0.118. The van der Waals surface area contributed by atoms with Gasteiger partial charge in [0.05, 0.1) is 17.1 Å². The number of unbranched alkanes of at least 4 members (excludes halogenated alkanes) is 2. The van der Waals surface area contributed by atoms with Gasteiger partial charge >= 0.3 is 0 Å². The van der Waals surface area contributed by atoms with Gasteiger partial charge in [0.2, 0.25) is 0 Å². The van der Waals surface area contributed by atoms with E-state index in [1.807, 2.05) is 32.2 Å². The molecule has 0 aliphatic carbocycles. The van der Waals surface area contributed by atoms with Crippen molar-refractivity contribution in [2.45, 2.75) is 113 Å². The van der Waals surface area contributed by atoms with Crippen molar-refractivity contribution in [1.82, 2.24) is 0 Å². The Kier molecular flexibility index (Phi) is 14.9. The third kappa shape index (κ3) is 10.9. The molecule has 0 saturated heterocycles. The molecule has 4 aromatic rings. The van der Waals surface area contributed by atoms with Gasteiger partial charge in [-0.15, -0.1) is 0 Å². The van der Waals surface area contributed by atoms with E-state index >= 15 is 0 Å². The number of carbonyl (C=O) groups excluding carboxylic acids is 1. The number of phenols is 2. The summed E-state index contributed by atoms with van der Waals surface area (Å²) in [5.74, 6) is -0.133. The standard InChI is InChI=1S/C27H38N2.C15H16O3/c1-6-11-12-13-27(29-26-17-15-22(8-3)24(10-5)19-26)20-28-25-16-14-21(7-2)23(9-4)18-25;1-3-12(16)6-10-4-9(2)5-11-7-14(17)15(18)8-13(10)11/h14-20H,6-13H2,1-5H3;4-5,7-8,17-18H,3,6H2,1-2H3. The zero-order chi connectivity index (χ0) is 34.3. The highest BCUT2D eigenvalue weighted by atomic mass is 16.3. The molecule has 0 radical (unpaired) electrons. The highest BCUT2D eigenvalue weighted by Crippen LogP contribution is 2.33. The molecular weight excluding hydrogens is 580 g/mol. The fraction of sp³-hybridized carbons (Fsp3) is 0.405. The molecule has 0 heterocycles. The average Bonchev–Trinajstić information content (AvgIpc) is 3.07. The topological polar surface area (TPSA) is 82.2 Å². The van der Waals surface area contributed by atoms with E-state index < -0.39 is 0 Å². The van der Waals surface area contributed by atoms with Gasteiger partial charge in [-0.1, -0.05) is 84.2 Å². The van der Waals surface area contributed by atoms with E-state index in [1.165, 1.54) is 47.2 Å². The van der Waals surface area contributed by atoms with Crippen molar-refractivity contribution in [2.24, 2.45) is 9.98 Å². The first-order valence-electron chi connectivity index (χ1n) is 17.5. The molecule has 0 aliphatic heterocycles. The van der Waals surface area contributed by atoms with Gasteiger partial charge in [-0.2, -0.15) is 0 Å². The number of nitrogens with zero attached hydrogens (tertiary/aromatic N) is 2. The number of hydrogen-bond donors (Lipinski definition) is 2. The Labute approximate surface area is 282 Å². The second-order valence-corrected chi connectivity index (χ2v) is 12.2. The Bertz CT molecular complexity index is 1700. The molecule has 0 unspecified atom stereocenters. The Morgan fingerprint density at radius 3 is 1.87 bits per heavy atom. The van der Waals surface area contributed by atoms with Crippen LogP contribution in [0.25, 0.3) is 10.8 Å². The van der Waals surface area contributed by atoms with Crippen LogP contribution >= 0.6 is 0 Å². The normalized spacial score (nSPS) is 11.6. The van der Waals surface area contributed by atoms with Gasteiger partial charge in [0.15, 0.2) is 11.5 Å². The molecule has 5 nitrogen and oxygen atoms in total. The van der Waals surface area contributed by atoms with Gasteiger partial charge in [-0.05, 0) is 120 Å². The molecule has 2 N–H and O–H groups in total. The minimum absolute atomic E-state index is 0.138. The lowest BCUT2D eigenvalue weighted by Gasteiger charge is -2.09. The fourth-order valence-electron chi connectivity index (χ4n) is 5.86. The monoisotopic (exact) mass is 634 g/mol. The Morgan fingerprint density at radius 1 is 0.681 bits per heavy atom. The van der Waals surface area contributed by atoms with Gasteiger partial charge in [0, 0.05) is 19.1 Å². The predicted octanol–water partition coefficient (Wildman–Crippen LogP) is 11.1. The van der Waals surface area contributed by atoms with E-state index in [9.17, 15) is 15.0 Å². The van der Waals surface area contributed by atoms with Gasteiger partial charge in [-0.3, -0.25) is 14.8 Å². The summed E-state index contributed by atoms with van der Waals surface area (Å²) in [6.45, 7) is 14.9. The minimum Gasteiger partial charge on any atom is -0.504 e. The van der Waals surface area contributed by atoms with Crippen LogP contribution in [0.1, 0.15) is 107 Å². The third-order valence-corrected chi connectivity index (χ3v) is 8.63. The van der Waals surface area contributed by atoms with Crippen molar-refractivity contribution in [3.05, 3.63) is 94.0 Å². The SMILES string of the molecule is CCC(=O)Cc1cc(C)cc2cc(O)c(O)cc12.CCCCCC(C=Nc1ccc(CC)c(CC)c1)=Nc1ccc(CC)c(CC)c1. The number of hydrogen-bond acceptors (Lipinski definition) is 5. The van der Waals surface area contributed by atoms with Gasteiger partial charge in [0.25, 0.3) is 0 Å². The molecule has 0 fully saturated rings. The van der Waals surface area contributed by atoms with Crippen LogP contribution in [-0.2, 0) is 36.9 Å². The van der Waals surface area contributed by atoms with Crippen LogP contribution in [0.5, 0.6) is 11.5 Å². The minimum atomic E-state index is -0.156. The van der Waals surface area contributed by atoms with Gasteiger partial charge in [0.1, 0.15) is 5.78 Å². The number of Topliss-reactive ketones (excluding diaryl/α,β-unsaturated/α-hetero) is 1. The molecule has 4 rings (SSSR count). The van der Waals surface area contributed by atoms with Gasteiger partial charge < -0.3 is 10.2 Å². The van der Waals surface area contributed by atoms with E-state index in [4.69, 9.17) is 9.98 Å². The maximum Gasteiger partial charge on any atom is 0.158 e. The Hall–Kier alpha value is -4.25. The first-order valence-corrected chi connectivity index (χ1v) is 17.5. The molecule has 0 atom stereocenters. The summed E-state index contributed by atoms with van der Waals surface area (Å²) in [5, 5.41) is 20.7. The van der Waals surface area contributed by atoms with Crippen LogP contribution in [0.2, 0.25) is 0 Å². The number of benzene rings is 4. The maximum absolute atomic E-state index is 11.6. The molecule has 47 heavy (non-hydrogen) atoms. The zero-order valence-electron chi connectivity index (χ0n) is 29.6. The summed E-state index contributed by atoms with van der Waals surface area (Å²) in [7, 11) is 0. The highest BCUT2D eigenvalue weighted by molar-refractivity contribution is 6.31. The van der Waals surface area contributed by atoms with Crippen LogP contribution < -0.4 is 0 Å². The van der Waals surface area contributed by atoms with E-state index in [1.54, 1.807) is 0 Å². The number of aliphatic imine (C=N–C) groups is 2. The zero-order valence-corrected chi connectivity index (χ0v) is 29.6. The fourth-order valence-corrected chi connectivity index (χ4v) is 5.86.